The highest BCUT2D eigenvalue weighted by molar-refractivity contribution is 5.94. The zero-order valence-electron chi connectivity index (χ0n) is 12.0. The minimum atomic E-state index is -0.438. The van der Waals surface area contributed by atoms with Crippen molar-refractivity contribution < 1.29 is 9.53 Å². The number of amides is 1. The van der Waals surface area contributed by atoms with E-state index in [2.05, 4.69) is 12.2 Å². The topological polar surface area (TPSA) is 64.4 Å². The van der Waals surface area contributed by atoms with Crippen LogP contribution in [0, 0.1) is 0 Å². The molecule has 1 rings (SSSR count). The minimum Gasteiger partial charge on any atom is -0.491 e. The van der Waals surface area contributed by atoms with E-state index in [1.807, 2.05) is 38.1 Å². The molecule has 1 amide bonds. The Morgan fingerprint density at radius 3 is 2.47 bits per heavy atom. The van der Waals surface area contributed by atoms with E-state index in [9.17, 15) is 4.79 Å². The summed E-state index contributed by atoms with van der Waals surface area (Å²) in [4.78, 5) is 11.8. The third-order valence-electron chi connectivity index (χ3n) is 2.70. The Morgan fingerprint density at radius 1 is 1.32 bits per heavy atom. The lowest BCUT2D eigenvalue weighted by molar-refractivity contribution is -0.117. The molecule has 106 valence electrons. The molecular formula is C15H24N2O2. The van der Waals surface area contributed by atoms with Crippen molar-refractivity contribution in [3.63, 3.8) is 0 Å². The maximum absolute atomic E-state index is 11.8. The molecule has 0 saturated carbocycles. The summed E-state index contributed by atoms with van der Waals surface area (Å²) in [6.45, 7) is 6.03. The number of hydrogen-bond acceptors (Lipinski definition) is 3. The summed E-state index contributed by atoms with van der Waals surface area (Å²) in [6.07, 6.45) is 2.87. The average molecular weight is 264 g/mol. The van der Waals surface area contributed by atoms with Crippen molar-refractivity contribution in [1.82, 2.24) is 0 Å². The summed E-state index contributed by atoms with van der Waals surface area (Å²) in [5.74, 6) is 0.661. The quantitative estimate of drug-likeness (QED) is 0.796. The lowest BCUT2D eigenvalue weighted by atomic mass is 10.1. The molecule has 19 heavy (non-hydrogen) atoms. The van der Waals surface area contributed by atoms with Gasteiger partial charge in [0.1, 0.15) is 5.75 Å². The summed E-state index contributed by atoms with van der Waals surface area (Å²) in [5.41, 5.74) is 6.55. The molecule has 0 radical (unpaired) electrons. The van der Waals surface area contributed by atoms with Crippen LogP contribution in [0.4, 0.5) is 5.69 Å². The van der Waals surface area contributed by atoms with Gasteiger partial charge in [0.2, 0.25) is 5.91 Å². The SMILES string of the molecule is CCCCC(N)C(=O)Nc1ccc(OC(C)C)cc1. The van der Waals surface area contributed by atoms with Gasteiger partial charge in [-0.05, 0) is 44.5 Å². The Morgan fingerprint density at radius 2 is 1.95 bits per heavy atom. The Labute approximate surface area is 115 Å². The van der Waals surface area contributed by atoms with Gasteiger partial charge in [-0.25, -0.2) is 0 Å². The van der Waals surface area contributed by atoms with Gasteiger partial charge in [-0.2, -0.15) is 0 Å². The standard InChI is InChI=1S/C15H24N2O2/c1-4-5-6-14(16)15(18)17-12-7-9-13(10-8-12)19-11(2)3/h7-11,14H,4-6,16H2,1-3H3,(H,17,18). The van der Waals surface area contributed by atoms with Crippen LogP contribution in [0.25, 0.3) is 0 Å². The molecule has 0 aliphatic carbocycles. The highest BCUT2D eigenvalue weighted by atomic mass is 16.5. The van der Waals surface area contributed by atoms with Gasteiger partial charge in [0.05, 0.1) is 12.1 Å². The Hall–Kier alpha value is -1.55. The molecule has 0 fully saturated rings. The van der Waals surface area contributed by atoms with Crippen molar-refractivity contribution in [3.8, 4) is 5.75 Å². The van der Waals surface area contributed by atoms with Crippen LogP contribution in [0.5, 0.6) is 5.75 Å². The smallest absolute Gasteiger partial charge is 0.241 e. The lowest BCUT2D eigenvalue weighted by Gasteiger charge is -2.13. The third kappa shape index (κ3) is 5.75. The first-order valence-corrected chi connectivity index (χ1v) is 6.86. The van der Waals surface area contributed by atoms with Gasteiger partial charge in [0, 0.05) is 5.69 Å². The Balaban J connectivity index is 2.50. The zero-order valence-corrected chi connectivity index (χ0v) is 12.0. The first kappa shape index (κ1) is 15.5. The minimum absolute atomic E-state index is 0.133. The van der Waals surface area contributed by atoms with Gasteiger partial charge in [-0.3, -0.25) is 4.79 Å². The number of hydrogen-bond donors (Lipinski definition) is 2. The van der Waals surface area contributed by atoms with Gasteiger partial charge in [-0.15, -0.1) is 0 Å². The van der Waals surface area contributed by atoms with Gasteiger partial charge in [-0.1, -0.05) is 19.8 Å². The second-order valence-electron chi connectivity index (χ2n) is 4.93. The predicted molar refractivity (Wildman–Crippen MR) is 78.3 cm³/mol. The molecule has 0 spiro atoms. The average Bonchev–Trinajstić information content (AvgIpc) is 2.37. The molecule has 0 aromatic heterocycles. The second-order valence-corrected chi connectivity index (χ2v) is 4.93. The highest BCUT2D eigenvalue weighted by Crippen LogP contribution is 2.17. The monoisotopic (exact) mass is 264 g/mol. The van der Waals surface area contributed by atoms with Crippen LogP contribution in [0.1, 0.15) is 40.0 Å². The fourth-order valence-electron chi connectivity index (χ4n) is 1.68. The van der Waals surface area contributed by atoms with Crippen LogP contribution in [0.3, 0.4) is 0 Å². The van der Waals surface area contributed by atoms with Crippen molar-refractivity contribution in [1.29, 1.82) is 0 Å². The third-order valence-corrected chi connectivity index (χ3v) is 2.70. The molecule has 0 aliphatic heterocycles. The number of anilines is 1. The number of unbranched alkanes of at least 4 members (excludes halogenated alkanes) is 1. The summed E-state index contributed by atoms with van der Waals surface area (Å²) in [7, 11) is 0. The van der Waals surface area contributed by atoms with E-state index in [1.165, 1.54) is 0 Å². The van der Waals surface area contributed by atoms with Crippen LogP contribution >= 0.6 is 0 Å². The molecule has 0 bridgehead atoms. The molecule has 4 heteroatoms. The van der Waals surface area contributed by atoms with Gasteiger partial charge < -0.3 is 15.8 Å². The second kappa shape index (κ2) is 7.79. The number of benzene rings is 1. The largest absolute Gasteiger partial charge is 0.491 e. The van der Waals surface area contributed by atoms with E-state index in [0.29, 0.717) is 0 Å². The van der Waals surface area contributed by atoms with Crippen molar-refractivity contribution >= 4 is 11.6 Å². The molecular weight excluding hydrogens is 240 g/mol. The summed E-state index contributed by atoms with van der Waals surface area (Å²) in [5, 5.41) is 2.81. The summed E-state index contributed by atoms with van der Waals surface area (Å²) in [6, 6.07) is 6.89. The van der Waals surface area contributed by atoms with Crippen LogP contribution in [-0.2, 0) is 4.79 Å². The van der Waals surface area contributed by atoms with E-state index in [4.69, 9.17) is 10.5 Å². The molecule has 1 unspecified atom stereocenters. The fraction of sp³-hybridized carbons (Fsp3) is 0.533. The molecule has 4 nitrogen and oxygen atoms in total. The van der Waals surface area contributed by atoms with Crippen LogP contribution in [0.15, 0.2) is 24.3 Å². The van der Waals surface area contributed by atoms with Crippen LogP contribution in [-0.4, -0.2) is 18.1 Å². The van der Waals surface area contributed by atoms with E-state index in [-0.39, 0.29) is 12.0 Å². The number of nitrogens with one attached hydrogen (secondary N) is 1. The normalized spacial score (nSPS) is 12.3. The van der Waals surface area contributed by atoms with Gasteiger partial charge in [0.25, 0.3) is 0 Å². The van der Waals surface area contributed by atoms with E-state index < -0.39 is 6.04 Å². The number of carbonyl (C=O) groups excluding carboxylic acids is 1. The Kier molecular flexibility index (Phi) is 6.36. The molecule has 1 aromatic carbocycles. The molecule has 3 N–H and O–H groups in total. The molecule has 0 saturated heterocycles. The molecule has 1 aromatic rings. The Bertz CT molecular complexity index is 388. The maximum Gasteiger partial charge on any atom is 0.241 e. The number of nitrogens with two attached hydrogens (primary N) is 1. The maximum atomic E-state index is 11.8. The number of carbonyl (C=O) groups is 1. The van der Waals surface area contributed by atoms with Crippen molar-refractivity contribution in [3.05, 3.63) is 24.3 Å². The van der Waals surface area contributed by atoms with E-state index in [0.717, 1.165) is 30.7 Å². The van der Waals surface area contributed by atoms with Crippen molar-refractivity contribution in [2.24, 2.45) is 5.73 Å². The van der Waals surface area contributed by atoms with E-state index in [1.54, 1.807) is 0 Å². The number of rotatable bonds is 7. The van der Waals surface area contributed by atoms with Crippen LogP contribution < -0.4 is 15.8 Å². The van der Waals surface area contributed by atoms with Crippen molar-refractivity contribution in [2.75, 3.05) is 5.32 Å². The van der Waals surface area contributed by atoms with Gasteiger partial charge >= 0.3 is 0 Å². The first-order valence-electron chi connectivity index (χ1n) is 6.86. The fourth-order valence-corrected chi connectivity index (χ4v) is 1.68. The lowest BCUT2D eigenvalue weighted by Crippen LogP contribution is -2.35. The van der Waals surface area contributed by atoms with E-state index >= 15 is 0 Å². The molecule has 1 atom stereocenters. The summed E-state index contributed by atoms with van der Waals surface area (Å²) >= 11 is 0. The highest BCUT2D eigenvalue weighted by Gasteiger charge is 2.12. The van der Waals surface area contributed by atoms with Crippen molar-refractivity contribution in [2.45, 2.75) is 52.2 Å². The van der Waals surface area contributed by atoms with Gasteiger partial charge in [0.15, 0.2) is 0 Å². The first-order chi connectivity index (χ1) is 9.02. The molecule has 0 aliphatic rings. The number of ether oxygens (including phenoxy) is 1. The van der Waals surface area contributed by atoms with Crippen LogP contribution in [0.2, 0.25) is 0 Å². The summed E-state index contributed by atoms with van der Waals surface area (Å²) < 4.78 is 5.54. The zero-order chi connectivity index (χ0) is 14.3. The predicted octanol–water partition coefficient (Wildman–Crippen LogP) is 2.93. The molecule has 0 heterocycles.